The topological polar surface area (TPSA) is 55.8 Å². The highest BCUT2D eigenvalue weighted by Gasteiger charge is 2.18. The van der Waals surface area contributed by atoms with E-state index >= 15 is 0 Å². The van der Waals surface area contributed by atoms with E-state index < -0.39 is 0 Å². The molecule has 27 heavy (non-hydrogen) atoms. The summed E-state index contributed by atoms with van der Waals surface area (Å²) in [6, 6.07) is 4.19. The van der Waals surface area contributed by atoms with Crippen LogP contribution in [0, 0.1) is 5.92 Å². The summed E-state index contributed by atoms with van der Waals surface area (Å²) in [7, 11) is 4.03. The Balaban J connectivity index is 1.45. The fourth-order valence-corrected chi connectivity index (χ4v) is 4.17. The smallest absolute Gasteiger partial charge is 0.191 e. The second-order valence-electron chi connectivity index (χ2n) is 7.92. The summed E-state index contributed by atoms with van der Waals surface area (Å²) in [6.45, 7) is 6.00. The molecule has 1 aliphatic carbocycles. The maximum atomic E-state index is 4.66. The number of pyridine rings is 1. The zero-order valence-corrected chi connectivity index (χ0v) is 17.1. The Kier molecular flexibility index (Phi) is 7.75. The van der Waals surface area contributed by atoms with Gasteiger partial charge in [0.25, 0.3) is 0 Å². The number of nitrogens with one attached hydrogen (secondary N) is 2. The van der Waals surface area contributed by atoms with Crippen LogP contribution in [0.4, 0.5) is 5.82 Å². The highest BCUT2D eigenvalue weighted by molar-refractivity contribution is 5.79. The summed E-state index contributed by atoms with van der Waals surface area (Å²) in [5.41, 5.74) is 1.23. The lowest BCUT2D eigenvalue weighted by Gasteiger charge is -2.34. The van der Waals surface area contributed by atoms with E-state index in [0.717, 1.165) is 57.0 Å². The number of rotatable bonds is 7. The first-order valence-corrected chi connectivity index (χ1v) is 10.6. The van der Waals surface area contributed by atoms with Crippen molar-refractivity contribution in [2.45, 2.75) is 45.1 Å². The summed E-state index contributed by atoms with van der Waals surface area (Å²) >= 11 is 0. The third-order valence-corrected chi connectivity index (χ3v) is 5.90. The Bertz CT molecular complexity index is 588. The summed E-state index contributed by atoms with van der Waals surface area (Å²) in [5.74, 6) is 2.95. The second kappa shape index (κ2) is 10.5. The molecule has 6 nitrogen and oxygen atoms in total. The lowest BCUT2D eigenvalue weighted by atomic mass is 10.0. The Labute approximate surface area is 164 Å². The lowest BCUT2D eigenvalue weighted by Crippen LogP contribution is -2.45. The van der Waals surface area contributed by atoms with Gasteiger partial charge in [0.2, 0.25) is 0 Å². The molecule has 1 aromatic rings. The van der Waals surface area contributed by atoms with Gasteiger partial charge in [-0.05, 0) is 31.9 Å². The van der Waals surface area contributed by atoms with Gasteiger partial charge < -0.3 is 20.4 Å². The number of nitrogens with zero attached hydrogens (tertiary/aromatic N) is 4. The van der Waals surface area contributed by atoms with Crippen LogP contribution in [0.15, 0.2) is 23.3 Å². The maximum Gasteiger partial charge on any atom is 0.191 e. The first-order chi connectivity index (χ1) is 13.3. The number of piperazine rings is 1. The van der Waals surface area contributed by atoms with E-state index in [4.69, 9.17) is 0 Å². The Morgan fingerprint density at radius 2 is 1.96 bits per heavy atom. The summed E-state index contributed by atoms with van der Waals surface area (Å²) in [5, 5.41) is 6.93. The molecule has 1 saturated heterocycles. The highest BCUT2D eigenvalue weighted by Crippen LogP contribution is 2.28. The second-order valence-corrected chi connectivity index (χ2v) is 7.92. The Hall–Kier alpha value is -1.82. The van der Waals surface area contributed by atoms with E-state index in [2.05, 4.69) is 43.5 Å². The largest absolute Gasteiger partial charge is 0.356 e. The molecular formula is C21H36N6. The van der Waals surface area contributed by atoms with Crippen LogP contribution in [0.25, 0.3) is 0 Å². The fourth-order valence-electron chi connectivity index (χ4n) is 4.17. The van der Waals surface area contributed by atoms with Gasteiger partial charge in [0.05, 0.1) is 0 Å². The molecule has 0 unspecified atom stereocenters. The summed E-state index contributed by atoms with van der Waals surface area (Å²) < 4.78 is 0. The molecule has 1 aromatic heterocycles. The third kappa shape index (κ3) is 6.09. The number of hydrogen-bond donors (Lipinski definition) is 2. The van der Waals surface area contributed by atoms with Gasteiger partial charge in [-0.1, -0.05) is 31.7 Å². The zero-order chi connectivity index (χ0) is 18.9. The van der Waals surface area contributed by atoms with Gasteiger partial charge in [0.1, 0.15) is 5.82 Å². The average molecular weight is 373 g/mol. The molecule has 2 aliphatic rings. The molecule has 2 N–H and O–H groups in total. The standard InChI is InChI=1S/C21H36N6/c1-22-21(24-12-5-9-18-7-3-4-8-18)25-17-19-10-6-11-23-20(19)27-15-13-26(2)14-16-27/h6,10-11,18H,3-5,7-9,12-17H2,1-2H3,(H2,22,24,25). The predicted molar refractivity (Wildman–Crippen MR) is 113 cm³/mol. The predicted octanol–water partition coefficient (Wildman–Crippen LogP) is 2.47. The molecule has 2 heterocycles. The molecule has 0 bridgehead atoms. The van der Waals surface area contributed by atoms with Crippen LogP contribution in [0.3, 0.4) is 0 Å². The minimum Gasteiger partial charge on any atom is -0.356 e. The molecule has 150 valence electrons. The Morgan fingerprint density at radius 1 is 1.19 bits per heavy atom. The molecule has 0 atom stereocenters. The first kappa shape index (κ1) is 19.9. The molecule has 1 aliphatic heterocycles. The molecule has 0 amide bonds. The maximum absolute atomic E-state index is 4.66. The number of aromatic nitrogens is 1. The van der Waals surface area contributed by atoms with Crippen LogP contribution in [0.1, 0.15) is 44.1 Å². The number of guanidine groups is 1. The average Bonchev–Trinajstić information content (AvgIpc) is 3.22. The van der Waals surface area contributed by atoms with E-state index in [1.54, 1.807) is 0 Å². The number of hydrogen-bond acceptors (Lipinski definition) is 4. The quantitative estimate of drug-likeness (QED) is 0.437. The van der Waals surface area contributed by atoms with Crippen molar-refractivity contribution in [3.05, 3.63) is 23.9 Å². The van der Waals surface area contributed by atoms with Crippen LogP contribution in [0.5, 0.6) is 0 Å². The van der Waals surface area contributed by atoms with Gasteiger partial charge >= 0.3 is 0 Å². The normalized spacial score (nSPS) is 19.5. The van der Waals surface area contributed by atoms with E-state index in [1.807, 2.05) is 19.3 Å². The number of likely N-dealkylation sites (N-methyl/N-ethyl adjacent to an activating group) is 1. The van der Waals surface area contributed by atoms with Crippen LogP contribution in [-0.2, 0) is 6.54 Å². The number of anilines is 1. The van der Waals surface area contributed by atoms with Crippen molar-refractivity contribution in [2.24, 2.45) is 10.9 Å². The monoisotopic (exact) mass is 372 g/mol. The van der Waals surface area contributed by atoms with E-state index in [1.165, 1.54) is 44.1 Å². The van der Waals surface area contributed by atoms with Gasteiger partial charge in [0.15, 0.2) is 5.96 Å². The molecule has 2 fully saturated rings. The van der Waals surface area contributed by atoms with Crippen molar-refractivity contribution in [1.29, 1.82) is 0 Å². The van der Waals surface area contributed by atoms with E-state index in [9.17, 15) is 0 Å². The first-order valence-electron chi connectivity index (χ1n) is 10.6. The van der Waals surface area contributed by atoms with Crippen molar-refractivity contribution >= 4 is 11.8 Å². The minimum atomic E-state index is 0.748. The Morgan fingerprint density at radius 3 is 2.70 bits per heavy atom. The highest BCUT2D eigenvalue weighted by atomic mass is 15.3. The third-order valence-electron chi connectivity index (χ3n) is 5.90. The van der Waals surface area contributed by atoms with Crippen molar-refractivity contribution in [2.75, 3.05) is 51.7 Å². The van der Waals surface area contributed by atoms with Crippen LogP contribution in [0.2, 0.25) is 0 Å². The van der Waals surface area contributed by atoms with Crippen molar-refractivity contribution in [3.63, 3.8) is 0 Å². The summed E-state index contributed by atoms with van der Waals surface area (Å²) in [6.07, 6.45) is 10.2. The fraction of sp³-hybridized carbons (Fsp3) is 0.714. The van der Waals surface area contributed by atoms with Crippen molar-refractivity contribution in [1.82, 2.24) is 20.5 Å². The molecule has 0 aromatic carbocycles. The molecule has 0 radical (unpaired) electrons. The molecular weight excluding hydrogens is 336 g/mol. The SMILES string of the molecule is CN=C(NCCCC1CCCC1)NCc1cccnc1N1CCN(C)CC1. The van der Waals surface area contributed by atoms with Gasteiger partial charge in [-0.2, -0.15) is 0 Å². The van der Waals surface area contributed by atoms with Gasteiger partial charge in [-0.25, -0.2) is 4.98 Å². The molecule has 6 heteroatoms. The minimum absolute atomic E-state index is 0.748. The molecule has 3 rings (SSSR count). The molecule has 1 saturated carbocycles. The van der Waals surface area contributed by atoms with Crippen molar-refractivity contribution in [3.8, 4) is 0 Å². The van der Waals surface area contributed by atoms with E-state index in [0.29, 0.717) is 0 Å². The van der Waals surface area contributed by atoms with Gasteiger partial charge in [-0.15, -0.1) is 0 Å². The van der Waals surface area contributed by atoms with Gasteiger partial charge in [-0.3, -0.25) is 4.99 Å². The van der Waals surface area contributed by atoms with Crippen LogP contribution in [-0.4, -0.2) is 62.7 Å². The zero-order valence-electron chi connectivity index (χ0n) is 17.1. The number of aliphatic imine (C=N–C) groups is 1. The van der Waals surface area contributed by atoms with Gasteiger partial charge in [0, 0.05) is 58.1 Å². The summed E-state index contributed by atoms with van der Waals surface area (Å²) in [4.78, 5) is 13.8. The van der Waals surface area contributed by atoms with Crippen LogP contribution >= 0.6 is 0 Å². The molecule has 0 spiro atoms. The van der Waals surface area contributed by atoms with E-state index in [-0.39, 0.29) is 0 Å². The van der Waals surface area contributed by atoms with Crippen molar-refractivity contribution < 1.29 is 0 Å². The lowest BCUT2D eigenvalue weighted by molar-refractivity contribution is 0.312. The van der Waals surface area contributed by atoms with Crippen LogP contribution < -0.4 is 15.5 Å².